The molecule has 1 aromatic heterocycles. The molecule has 0 aliphatic heterocycles. The standard InChI is InChI=1S/C12H13N5O/c1-7-8(2)16-17-12(14-7)15-11(18)9-3-5-10(13)6-4-9/h3-6H,13H2,1-2H3,(H,14,15,17,18). The van der Waals surface area contributed by atoms with E-state index < -0.39 is 0 Å². The zero-order valence-corrected chi connectivity index (χ0v) is 10.1. The minimum Gasteiger partial charge on any atom is -0.399 e. The van der Waals surface area contributed by atoms with Crippen LogP contribution in [0.15, 0.2) is 24.3 Å². The molecule has 0 aliphatic rings. The molecule has 0 radical (unpaired) electrons. The van der Waals surface area contributed by atoms with Crippen molar-refractivity contribution >= 4 is 17.5 Å². The third-order valence-corrected chi connectivity index (χ3v) is 2.49. The predicted molar refractivity (Wildman–Crippen MR) is 68.1 cm³/mol. The van der Waals surface area contributed by atoms with Crippen LogP contribution in [0.4, 0.5) is 11.6 Å². The molecule has 18 heavy (non-hydrogen) atoms. The van der Waals surface area contributed by atoms with E-state index in [1.165, 1.54) is 0 Å². The largest absolute Gasteiger partial charge is 0.399 e. The van der Waals surface area contributed by atoms with E-state index in [1.807, 2.05) is 6.92 Å². The van der Waals surface area contributed by atoms with Crippen LogP contribution in [0, 0.1) is 13.8 Å². The summed E-state index contributed by atoms with van der Waals surface area (Å²) in [7, 11) is 0. The number of nitrogens with two attached hydrogens (primary N) is 1. The molecule has 92 valence electrons. The number of nitrogen functional groups attached to an aromatic ring is 1. The van der Waals surface area contributed by atoms with Crippen LogP contribution in [0.25, 0.3) is 0 Å². The highest BCUT2D eigenvalue weighted by Gasteiger charge is 2.08. The van der Waals surface area contributed by atoms with Crippen molar-refractivity contribution in [3.8, 4) is 0 Å². The number of anilines is 2. The zero-order chi connectivity index (χ0) is 13.1. The number of hydrogen-bond donors (Lipinski definition) is 2. The Kier molecular flexibility index (Phi) is 3.18. The second-order valence-electron chi connectivity index (χ2n) is 3.88. The topological polar surface area (TPSA) is 93.8 Å². The fourth-order valence-electron chi connectivity index (χ4n) is 1.32. The molecule has 0 aliphatic carbocycles. The quantitative estimate of drug-likeness (QED) is 0.776. The van der Waals surface area contributed by atoms with Crippen molar-refractivity contribution in [1.29, 1.82) is 0 Å². The van der Waals surface area contributed by atoms with Crippen molar-refractivity contribution in [2.75, 3.05) is 11.1 Å². The molecule has 1 aromatic carbocycles. The molecule has 0 atom stereocenters. The number of benzene rings is 1. The molecular weight excluding hydrogens is 230 g/mol. The lowest BCUT2D eigenvalue weighted by atomic mass is 10.2. The maximum Gasteiger partial charge on any atom is 0.258 e. The Morgan fingerprint density at radius 3 is 2.39 bits per heavy atom. The average Bonchev–Trinajstić information content (AvgIpc) is 2.34. The Morgan fingerprint density at radius 2 is 1.78 bits per heavy atom. The van der Waals surface area contributed by atoms with Crippen molar-refractivity contribution in [3.63, 3.8) is 0 Å². The normalized spacial score (nSPS) is 10.1. The lowest BCUT2D eigenvalue weighted by Crippen LogP contribution is -2.15. The molecule has 6 nitrogen and oxygen atoms in total. The van der Waals surface area contributed by atoms with E-state index in [4.69, 9.17) is 5.73 Å². The number of carbonyl (C=O) groups is 1. The summed E-state index contributed by atoms with van der Waals surface area (Å²) < 4.78 is 0. The summed E-state index contributed by atoms with van der Waals surface area (Å²) in [5, 5.41) is 10.3. The van der Waals surface area contributed by atoms with Gasteiger partial charge in [0.05, 0.1) is 11.4 Å². The van der Waals surface area contributed by atoms with Crippen LogP contribution < -0.4 is 11.1 Å². The van der Waals surface area contributed by atoms with Gasteiger partial charge in [0.25, 0.3) is 5.91 Å². The number of nitrogens with one attached hydrogen (secondary N) is 1. The fourth-order valence-corrected chi connectivity index (χ4v) is 1.32. The average molecular weight is 243 g/mol. The lowest BCUT2D eigenvalue weighted by Gasteiger charge is -2.04. The third-order valence-electron chi connectivity index (χ3n) is 2.49. The molecule has 1 heterocycles. The molecule has 1 amide bonds. The Labute approximate surface area is 104 Å². The van der Waals surface area contributed by atoms with Crippen LogP contribution in [0.3, 0.4) is 0 Å². The number of hydrogen-bond acceptors (Lipinski definition) is 5. The summed E-state index contributed by atoms with van der Waals surface area (Å²) in [6.07, 6.45) is 0. The number of carbonyl (C=O) groups excluding carboxylic acids is 1. The number of rotatable bonds is 2. The highest BCUT2D eigenvalue weighted by Crippen LogP contribution is 2.08. The molecule has 2 aromatic rings. The van der Waals surface area contributed by atoms with Gasteiger partial charge in [0.2, 0.25) is 5.95 Å². The van der Waals surface area contributed by atoms with Gasteiger partial charge in [-0.3, -0.25) is 10.1 Å². The zero-order valence-electron chi connectivity index (χ0n) is 10.1. The van der Waals surface area contributed by atoms with Gasteiger partial charge in [-0.15, -0.1) is 5.10 Å². The Morgan fingerprint density at radius 1 is 1.11 bits per heavy atom. The number of aromatic nitrogens is 3. The number of aryl methyl sites for hydroxylation is 2. The lowest BCUT2D eigenvalue weighted by molar-refractivity contribution is 0.102. The highest BCUT2D eigenvalue weighted by atomic mass is 16.1. The highest BCUT2D eigenvalue weighted by molar-refractivity contribution is 6.03. The first kappa shape index (κ1) is 12.0. The van der Waals surface area contributed by atoms with Crippen LogP contribution in [-0.4, -0.2) is 21.1 Å². The molecule has 2 rings (SSSR count). The first-order valence-electron chi connectivity index (χ1n) is 5.41. The van der Waals surface area contributed by atoms with E-state index in [0.29, 0.717) is 11.3 Å². The Bertz CT molecular complexity index is 580. The molecule has 0 bridgehead atoms. The summed E-state index contributed by atoms with van der Waals surface area (Å²) >= 11 is 0. The Balaban J connectivity index is 2.16. The molecule has 0 unspecified atom stereocenters. The number of amides is 1. The van der Waals surface area contributed by atoms with Crippen molar-refractivity contribution in [1.82, 2.24) is 15.2 Å². The van der Waals surface area contributed by atoms with Crippen molar-refractivity contribution in [2.24, 2.45) is 0 Å². The van der Waals surface area contributed by atoms with Gasteiger partial charge in [0.15, 0.2) is 0 Å². The summed E-state index contributed by atoms with van der Waals surface area (Å²) in [6.45, 7) is 3.61. The first-order valence-corrected chi connectivity index (χ1v) is 5.41. The van der Waals surface area contributed by atoms with Gasteiger partial charge in [-0.25, -0.2) is 4.98 Å². The summed E-state index contributed by atoms with van der Waals surface area (Å²) in [5.41, 5.74) is 8.12. The molecule has 3 N–H and O–H groups in total. The van der Waals surface area contributed by atoms with Gasteiger partial charge in [-0.1, -0.05) is 0 Å². The van der Waals surface area contributed by atoms with E-state index in [9.17, 15) is 4.79 Å². The van der Waals surface area contributed by atoms with Gasteiger partial charge in [0.1, 0.15) is 0 Å². The maximum atomic E-state index is 11.9. The van der Waals surface area contributed by atoms with Crippen LogP contribution in [-0.2, 0) is 0 Å². The van der Waals surface area contributed by atoms with E-state index in [0.717, 1.165) is 11.4 Å². The molecule has 0 saturated heterocycles. The summed E-state index contributed by atoms with van der Waals surface area (Å²) in [4.78, 5) is 16.0. The second kappa shape index (κ2) is 4.79. The smallest absolute Gasteiger partial charge is 0.258 e. The van der Waals surface area contributed by atoms with Crippen molar-refractivity contribution in [3.05, 3.63) is 41.2 Å². The van der Waals surface area contributed by atoms with E-state index in [1.54, 1.807) is 31.2 Å². The predicted octanol–water partition coefficient (Wildman–Crippen LogP) is 1.32. The molecule has 6 heteroatoms. The van der Waals surface area contributed by atoms with Gasteiger partial charge < -0.3 is 5.73 Å². The van der Waals surface area contributed by atoms with Crippen molar-refractivity contribution in [2.45, 2.75) is 13.8 Å². The summed E-state index contributed by atoms with van der Waals surface area (Å²) in [6, 6.07) is 6.60. The fraction of sp³-hybridized carbons (Fsp3) is 0.167. The molecule has 0 spiro atoms. The molecular formula is C12H13N5O. The van der Waals surface area contributed by atoms with E-state index in [-0.39, 0.29) is 11.9 Å². The molecule has 0 saturated carbocycles. The first-order chi connectivity index (χ1) is 8.56. The minimum atomic E-state index is -0.292. The van der Waals surface area contributed by atoms with Gasteiger partial charge in [-0.05, 0) is 38.1 Å². The SMILES string of the molecule is Cc1nnc(NC(=O)c2ccc(N)cc2)nc1C. The van der Waals surface area contributed by atoms with E-state index in [2.05, 4.69) is 20.5 Å². The van der Waals surface area contributed by atoms with E-state index >= 15 is 0 Å². The van der Waals surface area contributed by atoms with Crippen LogP contribution >= 0.6 is 0 Å². The number of nitrogens with zero attached hydrogens (tertiary/aromatic N) is 3. The molecule has 0 fully saturated rings. The third kappa shape index (κ3) is 2.60. The van der Waals surface area contributed by atoms with Crippen LogP contribution in [0.1, 0.15) is 21.7 Å². The van der Waals surface area contributed by atoms with Gasteiger partial charge in [-0.2, -0.15) is 5.10 Å². The van der Waals surface area contributed by atoms with Gasteiger partial charge >= 0.3 is 0 Å². The monoisotopic (exact) mass is 243 g/mol. The summed E-state index contributed by atoms with van der Waals surface area (Å²) in [5.74, 6) is -0.0972. The van der Waals surface area contributed by atoms with Crippen molar-refractivity contribution < 1.29 is 4.79 Å². The minimum absolute atomic E-state index is 0.194. The maximum absolute atomic E-state index is 11.9. The van der Waals surface area contributed by atoms with Gasteiger partial charge in [0, 0.05) is 11.3 Å². The Hall–Kier alpha value is -2.50. The van der Waals surface area contributed by atoms with Crippen LogP contribution in [0.5, 0.6) is 0 Å². The second-order valence-corrected chi connectivity index (χ2v) is 3.88. The van der Waals surface area contributed by atoms with Crippen LogP contribution in [0.2, 0.25) is 0 Å².